The molecule has 3 N–H and O–H groups in total. The molecule has 5 heteroatoms. The van der Waals surface area contributed by atoms with Crippen molar-refractivity contribution in [2.24, 2.45) is 5.73 Å². The molecule has 4 nitrogen and oxygen atoms in total. The van der Waals surface area contributed by atoms with Gasteiger partial charge in [0, 0.05) is 0 Å². The van der Waals surface area contributed by atoms with Crippen LogP contribution in [0, 0.1) is 0 Å². The summed E-state index contributed by atoms with van der Waals surface area (Å²) in [5.74, 6) is -0.899. The molecule has 0 aromatic heterocycles. The first-order valence-electron chi connectivity index (χ1n) is 5.91. The smallest absolute Gasteiger partial charge is 0.253 e. The Morgan fingerprint density at radius 2 is 2.06 bits per heavy atom. The highest BCUT2D eigenvalue weighted by molar-refractivity contribution is 6.33. The molecule has 0 radical (unpaired) electrons. The maximum atomic E-state index is 11.9. The number of nitrogens with two attached hydrogens (primary N) is 1. The molecule has 0 unspecified atom stereocenters. The van der Waals surface area contributed by atoms with Gasteiger partial charge in [-0.3, -0.25) is 9.59 Å². The van der Waals surface area contributed by atoms with Crippen LogP contribution in [0.1, 0.15) is 36.5 Å². The van der Waals surface area contributed by atoms with Gasteiger partial charge in [-0.1, -0.05) is 43.5 Å². The zero-order chi connectivity index (χ0) is 13.5. The average Bonchev–Trinajstić information content (AvgIpc) is 2.34. The number of rotatable bonds is 6. The number of halogens is 1. The number of unbranched alkanes of at least 4 members (excludes halogenated alkanes) is 1. The number of primary amides is 1. The first-order chi connectivity index (χ1) is 8.56. The molecule has 0 saturated carbocycles. The molecule has 0 aliphatic heterocycles. The molecule has 0 fully saturated rings. The standard InChI is InChI=1S/C13H17ClN2O2/c1-2-3-8-11(12(15)17)16-13(18)9-6-4-5-7-10(9)14/h4-7,11H,2-3,8H2,1H3,(H2,15,17)(H,16,18)/t11-/m0/s1. The van der Waals surface area contributed by atoms with Crippen molar-refractivity contribution < 1.29 is 9.59 Å². The van der Waals surface area contributed by atoms with Gasteiger partial charge in [0.25, 0.3) is 5.91 Å². The Hall–Kier alpha value is -1.55. The predicted molar refractivity (Wildman–Crippen MR) is 71.4 cm³/mol. The lowest BCUT2D eigenvalue weighted by Crippen LogP contribution is -2.44. The van der Waals surface area contributed by atoms with Crippen LogP contribution in [-0.4, -0.2) is 17.9 Å². The monoisotopic (exact) mass is 268 g/mol. The molecule has 1 atom stereocenters. The van der Waals surface area contributed by atoms with Gasteiger partial charge in [-0.05, 0) is 18.6 Å². The summed E-state index contributed by atoms with van der Waals surface area (Å²) in [5.41, 5.74) is 5.60. The summed E-state index contributed by atoms with van der Waals surface area (Å²) < 4.78 is 0. The van der Waals surface area contributed by atoms with Gasteiger partial charge in [0.05, 0.1) is 10.6 Å². The van der Waals surface area contributed by atoms with Crippen LogP contribution in [0.2, 0.25) is 5.02 Å². The van der Waals surface area contributed by atoms with Gasteiger partial charge in [0.15, 0.2) is 0 Å². The summed E-state index contributed by atoms with van der Waals surface area (Å²) in [6.45, 7) is 2.01. The maximum Gasteiger partial charge on any atom is 0.253 e. The van der Waals surface area contributed by atoms with Crippen LogP contribution >= 0.6 is 11.6 Å². The second-order valence-corrected chi connectivity index (χ2v) is 4.46. The Morgan fingerprint density at radius 3 is 2.61 bits per heavy atom. The van der Waals surface area contributed by atoms with E-state index in [1.807, 2.05) is 6.92 Å². The van der Waals surface area contributed by atoms with Crippen LogP contribution in [-0.2, 0) is 4.79 Å². The lowest BCUT2D eigenvalue weighted by Gasteiger charge is -2.15. The van der Waals surface area contributed by atoms with E-state index in [-0.39, 0.29) is 5.91 Å². The van der Waals surface area contributed by atoms with Gasteiger partial charge in [-0.2, -0.15) is 0 Å². The van der Waals surface area contributed by atoms with Crippen LogP contribution in [0.25, 0.3) is 0 Å². The third-order valence-corrected chi connectivity index (χ3v) is 2.94. The molecule has 1 aromatic carbocycles. The van der Waals surface area contributed by atoms with Gasteiger partial charge in [0.1, 0.15) is 6.04 Å². The first kappa shape index (κ1) is 14.5. The summed E-state index contributed by atoms with van der Waals surface area (Å²) >= 11 is 5.91. The summed E-state index contributed by atoms with van der Waals surface area (Å²) in [6.07, 6.45) is 2.31. The Balaban J connectivity index is 2.72. The Morgan fingerprint density at radius 1 is 1.39 bits per heavy atom. The SMILES string of the molecule is CCCC[C@H](NC(=O)c1ccccc1Cl)C(N)=O. The number of nitrogens with one attached hydrogen (secondary N) is 1. The fraction of sp³-hybridized carbons (Fsp3) is 0.385. The Kier molecular flexibility index (Phi) is 5.65. The van der Waals surface area contributed by atoms with E-state index in [0.29, 0.717) is 17.0 Å². The lowest BCUT2D eigenvalue weighted by atomic mass is 10.1. The molecule has 2 amide bonds. The van der Waals surface area contributed by atoms with Crippen LogP contribution in [0.4, 0.5) is 0 Å². The van der Waals surface area contributed by atoms with Crippen LogP contribution < -0.4 is 11.1 Å². The van der Waals surface area contributed by atoms with E-state index in [9.17, 15) is 9.59 Å². The van der Waals surface area contributed by atoms with Crippen LogP contribution in [0.3, 0.4) is 0 Å². The molecule has 0 bridgehead atoms. The zero-order valence-electron chi connectivity index (χ0n) is 10.3. The quantitative estimate of drug-likeness (QED) is 0.829. The van der Waals surface area contributed by atoms with Gasteiger partial charge in [-0.25, -0.2) is 0 Å². The summed E-state index contributed by atoms with van der Waals surface area (Å²) in [5, 5.41) is 2.97. The summed E-state index contributed by atoms with van der Waals surface area (Å²) in [6, 6.07) is 6.04. The van der Waals surface area contributed by atoms with E-state index in [0.717, 1.165) is 12.8 Å². The minimum atomic E-state index is -0.645. The molecule has 0 saturated heterocycles. The second kappa shape index (κ2) is 7.01. The van der Waals surface area contributed by atoms with Crippen molar-refractivity contribution in [2.45, 2.75) is 32.2 Å². The van der Waals surface area contributed by atoms with Gasteiger partial charge in [0.2, 0.25) is 5.91 Å². The van der Waals surface area contributed by atoms with Crippen molar-refractivity contribution in [2.75, 3.05) is 0 Å². The second-order valence-electron chi connectivity index (χ2n) is 4.05. The highest BCUT2D eigenvalue weighted by Gasteiger charge is 2.19. The first-order valence-corrected chi connectivity index (χ1v) is 6.28. The number of carbonyl (C=O) groups excluding carboxylic acids is 2. The van der Waals surface area contributed by atoms with Gasteiger partial charge >= 0.3 is 0 Å². The largest absolute Gasteiger partial charge is 0.368 e. The third kappa shape index (κ3) is 4.04. The van der Waals surface area contributed by atoms with E-state index in [1.54, 1.807) is 24.3 Å². The minimum Gasteiger partial charge on any atom is -0.368 e. The van der Waals surface area contributed by atoms with E-state index in [2.05, 4.69) is 5.32 Å². The molecular weight excluding hydrogens is 252 g/mol. The minimum absolute atomic E-state index is 0.349. The molecular formula is C13H17ClN2O2. The van der Waals surface area contributed by atoms with Crippen LogP contribution in [0.5, 0.6) is 0 Å². The molecule has 0 spiro atoms. The molecule has 0 aliphatic rings. The predicted octanol–water partition coefficient (Wildman–Crippen LogP) is 2.11. The molecule has 0 heterocycles. The molecule has 1 rings (SSSR count). The van der Waals surface area contributed by atoms with Crippen molar-refractivity contribution in [1.29, 1.82) is 0 Å². The topological polar surface area (TPSA) is 72.2 Å². The summed E-state index contributed by atoms with van der Waals surface area (Å²) in [7, 11) is 0. The van der Waals surface area contributed by atoms with Gasteiger partial charge in [-0.15, -0.1) is 0 Å². The average molecular weight is 269 g/mol. The highest BCUT2D eigenvalue weighted by atomic mass is 35.5. The van der Waals surface area contributed by atoms with Crippen LogP contribution in [0.15, 0.2) is 24.3 Å². The van der Waals surface area contributed by atoms with E-state index in [4.69, 9.17) is 17.3 Å². The molecule has 0 aliphatic carbocycles. The molecule has 1 aromatic rings. The van der Waals surface area contributed by atoms with E-state index < -0.39 is 11.9 Å². The van der Waals surface area contributed by atoms with E-state index in [1.165, 1.54) is 0 Å². The number of hydrogen-bond donors (Lipinski definition) is 2. The van der Waals surface area contributed by atoms with E-state index >= 15 is 0 Å². The fourth-order valence-corrected chi connectivity index (χ4v) is 1.80. The van der Waals surface area contributed by atoms with Gasteiger partial charge < -0.3 is 11.1 Å². The number of hydrogen-bond acceptors (Lipinski definition) is 2. The number of carbonyl (C=O) groups is 2. The Bertz CT molecular complexity index is 435. The maximum absolute atomic E-state index is 11.9. The lowest BCUT2D eigenvalue weighted by molar-refractivity contribution is -0.120. The summed E-state index contributed by atoms with van der Waals surface area (Å²) in [4.78, 5) is 23.2. The highest BCUT2D eigenvalue weighted by Crippen LogP contribution is 2.15. The van der Waals surface area contributed by atoms with Crippen molar-refractivity contribution in [1.82, 2.24) is 5.32 Å². The van der Waals surface area contributed by atoms with Crippen molar-refractivity contribution in [3.63, 3.8) is 0 Å². The molecule has 98 valence electrons. The number of benzene rings is 1. The normalized spacial score (nSPS) is 11.9. The molecule has 18 heavy (non-hydrogen) atoms. The third-order valence-electron chi connectivity index (χ3n) is 2.61. The fourth-order valence-electron chi connectivity index (χ4n) is 1.58. The zero-order valence-corrected chi connectivity index (χ0v) is 11.0. The van der Waals surface area contributed by atoms with Crippen molar-refractivity contribution in [3.05, 3.63) is 34.9 Å². The Labute approximate surface area is 112 Å². The number of amides is 2. The van der Waals surface area contributed by atoms with Crippen molar-refractivity contribution >= 4 is 23.4 Å². The van der Waals surface area contributed by atoms with Crippen molar-refractivity contribution in [3.8, 4) is 0 Å².